The first-order valence-corrected chi connectivity index (χ1v) is 12.6. The normalized spacial score (nSPS) is 13.4. The largest absolute Gasteiger partial charge is 0.507 e. The van der Waals surface area contributed by atoms with Crippen LogP contribution in [0.4, 0.5) is 10.5 Å². The fourth-order valence-electron chi connectivity index (χ4n) is 4.76. The number of carbonyl (C=O) groups excluding carboxylic acids is 2. The summed E-state index contributed by atoms with van der Waals surface area (Å²) in [7, 11) is 0. The molecule has 0 radical (unpaired) electrons. The Morgan fingerprint density at radius 3 is 2.49 bits per heavy atom. The van der Waals surface area contributed by atoms with E-state index in [1.807, 2.05) is 36.4 Å². The highest BCUT2D eigenvalue weighted by Gasteiger charge is 2.26. The van der Waals surface area contributed by atoms with Crippen LogP contribution < -0.4 is 10.6 Å². The van der Waals surface area contributed by atoms with Crippen molar-refractivity contribution < 1.29 is 14.7 Å². The number of aromatic nitrogens is 3. The molecule has 8 nitrogen and oxygen atoms in total. The molecule has 8 heteroatoms. The van der Waals surface area contributed by atoms with Crippen molar-refractivity contribution in [3.8, 4) is 17.0 Å². The topological polar surface area (TPSA) is 109 Å². The van der Waals surface area contributed by atoms with Crippen LogP contribution in [0.25, 0.3) is 11.3 Å². The van der Waals surface area contributed by atoms with Crippen LogP contribution in [0.2, 0.25) is 0 Å². The molecular formula is C29H29N5O3. The van der Waals surface area contributed by atoms with E-state index in [4.69, 9.17) is 0 Å². The van der Waals surface area contributed by atoms with Crippen LogP contribution in [0.3, 0.4) is 0 Å². The maximum Gasteiger partial charge on any atom is 0.342 e. The van der Waals surface area contributed by atoms with E-state index in [1.54, 1.807) is 36.7 Å². The molecule has 5 rings (SSSR count). The highest BCUT2D eigenvalue weighted by molar-refractivity contribution is 6.04. The lowest BCUT2D eigenvalue weighted by atomic mass is 10.0. The number of nitrogens with one attached hydrogen (secondary N) is 2. The highest BCUT2D eigenvalue weighted by atomic mass is 16.3. The van der Waals surface area contributed by atoms with E-state index in [0.29, 0.717) is 29.1 Å². The summed E-state index contributed by atoms with van der Waals surface area (Å²) in [4.78, 5) is 29.7. The van der Waals surface area contributed by atoms with Crippen molar-refractivity contribution in [1.29, 1.82) is 0 Å². The maximum absolute atomic E-state index is 13.2. The fraction of sp³-hybridized carbons (Fsp3) is 0.241. The molecule has 1 aliphatic rings. The Morgan fingerprint density at radius 2 is 1.73 bits per heavy atom. The monoisotopic (exact) mass is 495 g/mol. The van der Waals surface area contributed by atoms with E-state index in [9.17, 15) is 14.7 Å². The summed E-state index contributed by atoms with van der Waals surface area (Å²) in [6, 6.07) is 19.7. The van der Waals surface area contributed by atoms with Gasteiger partial charge in [0.2, 0.25) is 0 Å². The van der Waals surface area contributed by atoms with Crippen LogP contribution in [0.15, 0.2) is 79.1 Å². The van der Waals surface area contributed by atoms with E-state index in [2.05, 4.69) is 20.7 Å². The van der Waals surface area contributed by atoms with Gasteiger partial charge in [-0.15, -0.1) is 0 Å². The van der Waals surface area contributed by atoms with Gasteiger partial charge in [0.1, 0.15) is 5.75 Å². The Kier molecular flexibility index (Phi) is 7.26. The number of nitrogens with zero attached hydrogens (tertiary/aromatic N) is 3. The van der Waals surface area contributed by atoms with Crippen LogP contribution in [0.5, 0.6) is 5.75 Å². The average Bonchev–Trinajstić information content (AvgIpc) is 3.61. The van der Waals surface area contributed by atoms with Crippen LogP contribution in [-0.2, 0) is 6.42 Å². The minimum Gasteiger partial charge on any atom is -0.507 e. The zero-order valence-corrected chi connectivity index (χ0v) is 20.4. The van der Waals surface area contributed by atoms with Gasteiger partial charge < -0.3 is 15.7 Å². The molecular weight excluding hydrogens is 466 g/mol. The van der Waals surface area contributed by atoms with E-state index in [-0.39, 0.29) is 23.6 Å². The summed E-state index contributed by atoms with van der Waals surface area (Å²) < 4.78 is 1.44. The third kappa shape index (κ3) is 5.69. The molecule has 3 N–H and O–H groups in total. The summed E-state index contributed by atoms with van der Waals surface area (Å²) in [6.45, 7) is 0.490. The fourth-order valence-corrected chi connectivity index (χ4v) is 4.76. The lowest BCUT2D eigenvalue weighted by Crippen LogP contribution is -2.32. The van der Waals surface area contributed by atoms with Gasteiger partial charge in [-0.25, -0.2) is 4.79 Å². The van der Waals surface area contributed by atoms with Gasteiger partial charge in [0.25, 0.3) is 5.91 Å². The second-order valence-corrected chi connectivity index (χ2v) is 9.24. The van der Waals surface area contributed by atoms with Crippen molar-refractivity contribution >= 4 is 17.6 Å². The maximum atomic E-state index is 13.2. The molecule has 1 aliphatic carbocycles. The first kappa shape index (κ1) is 24.2. The van der Waals surface area contributed by atoms with Gasteiger partial charge in [-0.05, 0) is 61.2 Å². The predicted molar refractivity (Wildman–Crippen MR) is 142 cm³/mol. The van der Waals surface area contributed by atoms with Gasteiger partial charge in [-0.2, -0.15) is 9.78 Å². The van der Waals surface area contributed by atoms with E-state index >= 15 is 0 Å². The Balaban J connectivity index is 1.38. The SMILES string of the molecule is O=C(Nc1ccc(O)c(-c2cc(C3CCCC3)n(C(=O)NCCc3ccccc3)n2)c1)c1ccncc1. The average molecular weight is 496 g/mol. The Hall–Kier alpha value is -4.46. The molecule has 0 saturated heterocycles. The van der Waals surface area contributed by atoms with Crippen molar-refractivity contribution in [2.24, 2.45) is 0 Å². The highest BCUT2D eigenvalue weighted by Crippen LogP contribution is 2.38. The molecule has 37 heavy (non-hydrogen) atoms. The minimum absolute atomic E-state index is 0.0222. The molecule has 2 amide bonds. The summed E-state index contributed by atoms with van der Waals surface area (Å²) in [5.41, 5.74) is 3.91. The number of anilines is 1. The van der Waals surface area contributed by atoms with Crippen molar-refractivity contribution in [1.82, 2.24) is 20.1 Å². The molecule has 0 bridgehead atoms. The molecule has 2 aromatic carbocycles. The first-order valence-electron chi connectivity index (χ1n) is 12.6. The number of phenols is 1. The number of aromatic hydroxyl groups is 1. The molecule has 0 spiro atoms. The Labute approximate surface area is 215 Å². The summed E-state index contributed by atoms with van der Waals surface area (Å²) in [5, 5.41) is 21.1. The van der Waals surface area contributed by atoms with Gasteiger partial charge in [0.05, 0.1) is 11.4 Å². The van der Waals surface area contributed by atoms with Crippen molar-refractivity contribution in [3.05, 3.63) is 95.9 Å². The third-order valence-corrected chi connectivity index (χ3v) is 6.71. The zero-order chi connectivity index (χ0) is 25.6. The molecule has 188 valence electrons. The lowest BCUT2D eigenvalue weighted by Gasteiger charge is -2.12. The van der Waals surface area contributed by atoms with Crippen molar-refractivity contribution in [3.63, 3.8) is 0 Å². The van der Waals surface area contributed by atoms with Crippen LogP contribution in [-0.4, -0.2) is 38.4 Å². The molecule has 0 atom stereocenters. The van der Waals surface area contributed by atoms with E-state index in [1.165, 1.54) is 10.7 Å². The zero-order valence-electron chi connectivity index (χ0n) is 20.4. The van der Waals surface area contributed by atoms with Crippen LogP contribution in [0.1, 0.15) is 53.2 Å². The summed E-state index contributed by atoms with van der Waals surface area (Å²) in [6.07, 6.45) is 8.05. The number of amides is 2. The molecule has 4 aromatic rings. The number of hydrogen-bond donors (Lipinski definition) is 3. The van der Waals surface area contributed by atoms with Crippen LogP contribution >= 0.6 is 0 Å². The standard InChI is InChI=1S/C29H29N5O3/c35-27-11-10-23(32-28(36)22-13-15-30-16-14-22)18-24(27)25-19-26(21-8-4-5-9-21)34(33-25)29(37)31-17-12-20-6-2-1-3-7-20/h1-3,6-7,10-11,13-16,18-19,21,35H,4-5,8-9,12,17H2,(H,31,37)(H,32,36). The molecule has 2 heterocycles. The number of phenolic OH excluding ortho intramolecular Hbond substituents is 1. The Morgan fingerprint density at radius 1 is 0.973 bits per heavy atom. The predicted octanol–water partition coefficient (Wildman–Crippen LogP) is 5.36. The van der Waals surface area contributed by atoms with Crippen molar-refractivity contribution in [2.75, 3.05) is 11.9 Å². The van der Waals surface area contributed by atoms with E-state index in [0.717, 1.165) is 43.4 Å². The number of hydrogen-bond acceptors (Lipinski definition) is 5. The smallest absolute Gasteiger partial charge is 0.342 e. The molecule has 0 unspecified atom stereocenters. The van der Waals surface area contributed by atoms with Crippen LogP contribution in [0, 0.1) is 0 Å². The van der Waals surface area contributed by atoms with E-state index < -0.39 is 0 Å². The van der Waals surface area contributed by atoms with Gasteiger partial charge in [-0.3, -0.25) is 9.78 Å². The molecule has 0 aliphatic heterocycles. The second-order valence-electron chi connectivity index (χ2n) is 9.24. The number of carbonyl (C=O) groups is 2. The molecule has 2 aromatic heterocycles. The number of rotatable bonds is 7. The summed E-state index contributed by atoms with van der Waals surface area (Å²) in [5.74, 6) is -0.0270. The van der Waals surface area contributed by atoms with Gasteiger partial charge in [-0.1, -0.05) is 43.2 Å². The first-order chi connectivity index (χ1) is 18.1. The molecule has 1 saturated carbocycles. The lowest BCUT2D eigenvalue weighted by molar-refractivity contribution is 0.102. The summed E-state index contributed by atoms with van der Waals surface area (Å²) >= 11 is 0. The second kappa shape index (κ2) is 11.1. The Bertz CT molecular complexity index is 1380. The van der Waals surface area contributed by atoms with Crippen molar-refractivity contribution in [2.45, 2.75) is 38.0 Å². The number of pyridine rings is 1. The number of benzene rings is 2. The van der Waals surface area contributed by atoms with Gasteiger partial charge >= 0.3 is 6.03 Å². The van der Waals surface area contributed by atoms with Gasteiger partial charge in [0, 0.05) is 41.7 Å². The van der Waals surface area contributed by atoms with Gasteiger partial charge in [0.15, 0.2) is 0 Å². The molecule has 1 fully saturated rings. The quantitative estimate of drug-likeness (QED) is 0.299. The third-order valence-electron chi connectivity index (χ3n) is 6.71. The minimum atomic E-state index is -0.286.